The maximum atomic E-state index is 13.1. The average Bonchev–Trinajstić information content (AvgIpc) is 3.70. The van der Waals surface area contributed by atoms with Crippen LogP contribution in [0.25, 0.3) is 22.6 Å². The fraction of sp³-hybridized carbons (Fsp3) is 0.235. The Morgan fingerprint density at radius 2 is 1.57 bits per heavy atom. The molecule has 0 saturated carbocycles. The molecule has 0 bridgehead atoms. The summed E-state index contributed by atoms with van der Waals surface area (Å²) in [6.45, 7) is 7.07. The highest BCUT2D eigenvalue weighted by Crippen LogP contribution is 2.44. The minimum absolute atomic E-state index is 0.0535. The van der Waals surface area contributed by atoms with E-state index in [1.54, 1.807) is 6.07 Å². The van der Waals surface area contributed by atoms with Gasteiger partial charge in [0.15, 0.2) is 17.2 Å². The quantitative estimate of drug-likeness (QED) is 0.114. The van der Waals surface area contributed by atoms with Crippen molar-refractivity contribution in [3.63, 3.8) is 0 Å². The standard InChI is InChI=1S/C34H34N4O6/c1-5-35-34(39)32-31(30-16-25(37-43-30)19-36-40-4)33(44-38-32)27-17-26(22(2)3)28(41-20-23-12-8-6-9-13-23)18-29(27)42-21-24-14-10-7-11-15-24/h6-19,22H,5,20-21H2,1-4H3,(H,35,39). The van der Waals surface area contributed by atoms with Gasteiger partial charge in [0.2, 0.25) is 0 Å². The van der Waals surface area contributed by atoms with Crippen LogP contribution in [0.15, 0.2) is 93.1 Å². The Hall–Kier alpha value is -5.38. The van der Waals surface area contributed by atoms with Gasteiger partial charge in [0.1, 0.15) is 43.1 Å². The highest BCUT2D eigenvalue weighted by atomic mass is 16.6. The number of rotatable bonds is 13. The van der Waals surface area contributed by atoms with Crippen molar-refractivity contribution in [1.29, 1.82) is 0 Å². The summed E-state index contributed by atoms with van der Waals surface area (Å²) in [6.07, 6.45) is 1.40. The summed E-state index contributed by atoms with van der Waals surface area (Å²) in [4.78, 5) is 17.9. The Balaban J connectivity index is 1.65. The lowest BCUT2D eigenvalue weighted by Gasteiger charge is -2.19. The highest BCUT2D eigenvalue weighted by Gasteiger charge is 2.30. The molecule has 226 valence electrons. The number of amides is 1. The fourth-order valence-electron chi connectivity index (χ4n) is 4.60. The van der Waals surface area contributed by atoms with E-state index in [0.29, 0.717) is 48.1 Å². The number of aromatic nitrogens is 2. The van der Waals surface area contributed by atoms with E-state index in [-0.39, 0.29) is 23.1 Å². The highest BCUT2D eigenvalue weighted by molar-refractivity contribution is 6.02. The normalized spacial score (nSPS) is 11.2. The van der Waals surface area contributed by atoms with E-state index in [2.05, 4.69) is 34.6 Å². The van der Waals surface area contributed by atoms with Crippen LogP contribution in [0.4, 0.5) is 0 Å². The van der Waals surface area contributed by atoms with Gasteiger partial charge in [-0.25, -0.2) is 0 Å². The van der Waals surface area contributed by atoms with Crippen LogP contribution in [-0.4, -0.2) is 36.1 Å². The van der Waals surface area contributed by atoms with Crippen LogP contribution in [0, 0.1) is 0 Å². The Morgan fingerprint density at radius 3 is 2.18 bits per heavy atom. The number of benzene rings is 3. The number of oxime groups is 1. The SMILES string of the molecule is CCNC(=O)c1noc(-c2cc(C(C)C)c(OCc3ccccc3)cc2OCc2ccccc2)c1-c1cc(C=NOC)no1. The first kappa shape index (κ1) is 30.1. The lowest BCUT2D eigenvalue weighted by molar-refractivity contribution is 0.0947. The molecule has 0 atom stereocenters. The molecule has 10 heteroatoms. The molecule has 2 aromatic heterocycles. The van der Waals surface area contributed by atoms with Crippen LogP contribution in [0.2, 0.25) is 0 Å². The van der Waals surface area contributed by atoms with Crippen molar-refractivity contribution in [1.82, 2.24) is 15.6 Å². The molecule has 0 aliphatic rings. The smallest absolute Gasteiger partial charge is 0.274 e. The van der Waals surface area contributed by atoms with E-state index in [1.807, 2.05) is 79.7 Å². The van der Waals surface area contributed by atoms with Crippen molar-refractivity contribution in [3.05, 3.63) is 107 Å². The topological polar surface area (TPSA) is 121 Å². The Bertz CT molecular complexity index is 1710. The second-order valence-electron chi connectivity index (χ2n) is 10.2. The summed E-state index contributed by atoms with van der Waals surface area (Å²) < 4.78 is 24.3. The molecular formula is C34H34N4O6. The number of hydrogen-bond acceptors (Lipinski definition) is 9. The van der Waals surface area contributed by atoms with Crippen molar-refractivity contribution >= 4 is 12.1 Å². The monoisotopic (exact) mass is 594 g/mol. The molecule has 3 aromatic carbocycles. The zero-order chi connectivity index (χ0) is 30.9. The summed E-state index contributed by atoms with van der Waals surface area (Å²) in [7, 11) is 1.43. The van der Waals surface area contributed by atoms with Crippen LogP contribution >= 0.6 is 0 Å². The number of carbonyl (C=O) groups excluding carboxylic acids is 1. The fourth-order valence-corrected chi connectivity index (χ4v) is 4.60. The second-order valence-corrected chi connectivity index (χ2v) is 10.2. The Kier molecular flexibility index (Phi) is 9.71. The second kappa shape index (κ2) is 14.2. The van der Waals surface area contributed by atoms with Gasteiger partial charge in [0.05, 0.1) is 11.8 Å². The van der Waals surface area contributed by atoms with Gasteiger partial charge in [-0.05, 0) is 35.6 Å². The summed E-state index contributed by atoms with van der Waals surface area (Å²) in [6, 6.07) is 25.3. The third kappa shape index (κ3) is 6.97. The lowest BCUT2D eigenvalue weighted by Crippen LogP contribution is -2.23. The predicted molar refractivity (Wildman–Crippen MR) is 166 cm³/mol. The number of ether oxygens (including phenoxy) is 2. The molecule has 10 nitrogen and oxygen atoms in total. The summed E-state index contributed by atoms with van der Waals surface area (Å²) in [5.41, 5.74) is 4.31. The first-order valence-electron chi connectivity index (χ1n) is 14.3. The third-order valence-corrected chi connectivity index (χ3v) is 6.76. The van der Waals surface area contributed by atoms with Gasteiger partial charge < -0.3 is 28.7 Å². The van der Waals surface area contributed by atoms with E-state index in [0.717, 1.165) is 16.7 Å². The zero-order valence-electron chi connectivity index (χ0n) is 25.1. The molecule has 0 saturated heterocycles. The van der Waals surface area contributed by atoms with Crippen LogP contribution in [-0.2, 0) is 18.1 Å². The number of nitrogens with one attached hydrogen (secondary N) is 1. The van der Waals surface area contributed by atoms with Crippen molar-refractivity contribution in [2.45, 2.75) is 39.9 Å². The van der Waals surface area contributed by atoms with Crippen LogP contribution in [0.3, 0.4) is 0 Å². The van der Waals surface area contributed by atoms with E-state index in [1.165, 1.54) is 13.3 Å². The molecule has 0 unspecified atom stereocenters. The van der Waals surface area contributed by atoms with Gasteiger partial charge >= 0.3 is 0 Å². The van der Waals surface area contributed by atoms with Crippen molar-refractivity contribution in [2.75, 3.05) is 13.7 Å². The summed E-state index contributed by atoms with van der Waals surface area (Å²) in [5.74, 6) is 1.39. The molecule has 5 aromatic rings. The largest absolute Gasteiger partial charge is 0.488 e. The molecule has 44 heavy (non-hydrogen) atoms. The zero-order valence-corrected chi connectivity index (χ0v) is 25.1. The van der Waals surface area contributed by atoms with Crippen molar-refractivity contribution in [3.8, 4) is 34.1 Å². The van der Waals surface area contributed by atoms with Crippen LogP contribution in [0.5, 0.6) is 11.5 Å². The van der Waals surface area contributed by atoms with Crippen molar-refractivity contribution < 1.29 is 28.2 Å². The first-order chi connectivity index (χ1) is 21.5. The summed E-state index contributed by atoms with van der Waals surface area (Å²) >= 11 is 0. The number of hydrogen-bond donors (Lipinski definition) is 1. The molecule has 0 aliphatic heterocycles. The number of nitrogens with zero attached hydrogens (tertiary/aromatic N) is 3. The van der Waals surface area contributed by atoms with E-state index in [4.69, 9.17) is 23.4 Å². The third-order valence-electron chi connectivity index (χ3n) is 6.76. The molecule has 1 N–H and O–H groups in total. The maximum absolute atomic E-state index is 13.1. The molecule has 0 aliphatic carbocycles. The molecule has 0 radical (unpaired) electrons. The van der Waals surface area contributed by atoms with Gasteiger partial charge in [-0.1, -0.05) is 90.0 Å². The molecule has 1 amide bonds. The number of carbonyl (C=O) groups is 1. The van der Waals surface area contributed by atoms with Gasteiger partial charge in [0.25, 0.3) is 5.91 Å². The van der Waals surface area contributed by atoms with E-state index >= 15 is 0 Å². The van der Waals surface area contributed by atoms with Gasteiger partial charge in [-0.2, -0.15) is 0 Å². The molecular weight excluding hydrogens is 560 g/mol. The Labute approximate surface area is 255 Å². The molecule has 0 fully saturated rings. The molecule has 0 spiro atoms. The van der Waals surface area contributed by atoms with E-state index < -0.39 is 5.91 Å². The molecule has 2 heterocycles. The Morgan fingerprint density at radius 1 is 0.909 bits per heavy atom. The average molecular weight is 595 g/mol. The van der Waals surface area contributed by atoms with Gasteiger partial charge in [-0.15, -0.1) is 0 Å². The summed E-state index contributed by atoms with van der Waals surface area (Å²) in [5, 5.41) is 14.8. The first-order valence-corrected chi connectivity index (χ1v) is 14.3. The maximum Gasteiger partial charge on any atom is 0.274 e. The minimum Gasteiger partial charge on any atom is -0.488 e. The molecule has 5 rings (SSSR count). The van der Waals surface area contributed by atoms with Gasteiger partial charge in [-0.3, -0.25) is 4.79 Å². The van der Waals surface area contributed by atoms with Gasteiger partial charge in [0, 0.05) is 18.7 Å². The minimum atomic E-state index is -0.417. The lowest BCUT2D eigenvalue weighted by atomic mass is 9.95. The predicted octanol–water partition coefficient (Wildman–Crippen LogP) is 7.01. The van der Waals surface area contributed by atoms with E-state index in [9.17, 15) is 4.79 Å². The van der Waals surface area contributed by atoms with Crippen molar-refractivity contribution in [2.24, 2.45) is 5.16 Å². The van der Waals surface area contributed by atoms with Crippen LogP contribution < -0.4 is 14.8 Å². The van der Waals surface area contributed by atoms with Crippen LogP contribution in [0.1, 0.15) is 59.6 Å².